The SMILES string of the molecule is Nc1nc2ccc(Cl)cc2n1Cc1ccon1. The largest absolute Gasteiger partial charge is 0.369 e. The zero-order valence-electron chi connectivity index (χ0n) is 8.80. The molecule has 2 N–H and O–H groups in total. The van der Waals surface area contributed by atoms with Crippen LogP contribution >= 0.6 is 11.6 Å². The molecule has 1 aromatic carbocycles. The topological polar surface area (TPSA) is 69.9 Å². The Balaban J connectivity index is 2.14. The molecule has 3 rings (SSSR count). The summed E-state index contributed by atoms with van der Waals surface area (Å²) >= 11 is 5.97. The Morgan fingerprint density at radius 1 is 1.35 bits per heavy atom. The van der Waals surface area contributed by atoms with Crippen LogP contribution in [0.1, 0.15) is 5.69 Å². The molecule has 0 aliphatic rings. The first-order valence-corrected chi connectivity index (χ1v) is 5.42. The second-order valence-electron chi connectivity index (χ2n) is 3.68. The van der Waals surface area contributed by atoms with Gasteiger partial charge in [0.05, 0.1) is 17.6 Å². The lowest BCUT2D eigenvalue weighted by atomic mass is 10.3. The molecule has 0 saturated heterocycles. The molecule has 0 radical (unpaired) electrons. The normalized spacial score (nSPS) is 11.1. The van der Waals surface area contributed by atoms with Crippen LogP contribution in [0.2, 0.25) is 5.02 Å². The second kappa shape index (κ2) is 3.78. The number of halogens is 1. The van der Waals surface area contributed by atoms with Crippen LogP contribution in [0.3, 0.4) is 0 Å². The first-order valence-electron chi connectivity index (χ1n) is 5.04. The molecule has 0 bridgehead atoms. The van der Waals surface area contributed by atoms with Gasteiger partial charge in [-0.25, -0.2) is 4.98 Å². The zero-order chi connectivity index (χ0) is 11.8. The molecule has 2 heterocycles. The number of hydrogen-bond acceptors (Lipinski definition) is 4. The van der Waals surface area contributed by atoms with Gasteiger partial charge in [-0.05, 0) is 18.2 Å². The van der Waals surface area contributed by atoms with Crippen LogP contribution in [-0.2, 0) is 6.54 Å². The fraction of sp³-hybridized carbons (Fsp3) is 0.0909. The Hall–Kier alpha value is -2.01. The van der Waals surface area contributed by atoms with Crippen molar-refractivity contribution in [3.63, 3.8) is 0 Å². The van der Waals surface area contributed by atoms with Crippen molar-refractivity contribution in [3.05, 3.63) is 41.2 Å². The van der Waals surface area contributed by atoms with E-state index >= 15 is 0 Å². The molecule has 86 valence electrons. The van der Waals surface area contributed by atoms with E-state index in [1.807, 2.05) is 16.7 Å². The van der Waals surface area contributed by atoms with Gasteiger partial charge in [0.25, 0.3) is 0 Å². The van der Waals surface area contributed by atoms with Gasteiger partial charge in [0.2, 0.25) is 5.95 Å². The van der Waals surface area contributed by atoms with Crippen LogP contribution in [0.15, 0.2) is 35.1 Å². The smallest absolute Gasteiger partial charge is 0.201 e. The Bertz CT molecular complexity index is 659. The first kappa shape index (κ1) is 10.2. The van der Waals surface area contributed by atoms with Crippen LogP contribution in [0, 0.1) is 0 Å². The number of anilines is 1. The standard InChI is InChI=1S/C11H9ClN4O/c12-7-1-2-9-10(5-7)16(11(13)14-9)6-8-3-4-17-15-8/h1-5H,6H2,(H2,13,14). The van der Waals surface area contributed by atoms with E-state index < -0.39 is 0 Å². The third kappa shape index (κ3) is 1.74. The highest BCUT2D eigenvalue weighted by atomic mass is 35.5. The molecule has 3 aromatic rings. The maximum absolute atomic E-state index is 5.97. The number of fused-ring (bicyclic) bond motifs is 1. The van der Waals surface area contributed by atoms with Crippen molar-refractivity contribution in [1.82, 2.24) is 14.7 Å². The predicted molar refractivity (Wildman–Crippen MR) is 64.8 cm³/mol. The Morgan fingerprint density at radius 3 is 3.00 bits per heavy atom. The summed E-state index contributed by atoms with van der Waals surface area (Å²) in [5, 5.41) is 4.50. The quantitative estimate of drug-likeness (QED) is 0.756. The maximum Gasteiger partial charge on any atom is 0.201 e. The van der Waals surface area contributed by atoms with Crippen molar-refractivity contribution in [3.8, 4) is 0 Å². The second-order valence-corrected chi connectivity index (χ2v) is 4.12. The fourth-order valence-corrected chi connectivity index (χ4v) is 1.93. The van der Waals surface area contributed by atoms with E-state index in [9.17, 15) is 0 Å². The number of benzene rings is 1. The lowest BCUT2D eigenvalue weighted by Gasteiger charge is -2.03. The molecule has 0 saturated carbocycles. The summed E-state index contributed by atoms with van der Waals surface area (Å²) in [6.07, 6.45) is 1.53. The summed E-state index contributed by atoms with van der Waals surface area (Å²) in [5.74, 6) is 0.435. The number of nitrogens with two attached hydrogens (primary N) is 1. The number of nitrogen functional groups attached to an aromatic ring is 1. The van der Waals surface area contributed by atoms with Gasteiger partial charge in [-0.15, -0.1) is 0 Å². The van der Waals surface area contributed by atoms with E-state index in [2.05, 4.69) is 10.1 Å². The lowest BCUT2D eigenvalue weighted by molar-refractivity contribution is 0.410. The highest BCUT2D eigenvalue weighted by Gasteiger charge is 2.10. The summed E-state index contributed by atoms with van der Waals surface area (Å²) in [6, 6.07) is 7.25. The van der Waals surface area contributed by atoms with Gasteiger partial charge < -0.3 is 14.8 Å². The number of aromatic nitrogens is 3. The van der Waals surface area contributed by atoms with Crippen LogP contribution in [-0.4, -0.2) is 14.7 Å². The van der Waals surface area contributed by atoms with E-state index in [1.54, 1.807) is 12.1 Å². The van der Waals surface area contributed by atoms with Gasteiger partial charge in [-0.1, -0.05) is 16.8 Å². The molecule has 17 heavy (non-hydrogen) atoms. The highest BCUT2D eigenvalue weighted by molar-refractivity contribution is 6.31. The molecule has 6 heteroatoms. The minimum atomic E-state index is 0.435. The van der Waals surface area contributed by atoms with Gasteiger partial charge in [0, 0.05) is 11.1 Å². The minimum Gasteiger partial charge on any atom is -0.369 e. The van der Waals surface area contributed by atoms with Crippen LogP contribution in [0.25, 0.3) is 11.0 Å². The van der Waals surface area contributed by atoms with E-state index in [0.29, 0.717) is 17.5 Å². The molecule has 2 aromatic heterocycles. The van der Waals surface area contributed by atoms with Crippen LogP contribution < -0.4 is 5.73 Å². The monoisotopic (exact) mass is 248 g/mol. The molecule has 0 atom stereocenters. The predicted octanol–water partition coefficient (Wildman–Crippen LogP) is 2.31. The highest BCUT2D eigenvalue weighted by Crippen LogP contribution is 2.22. The van der Waals surface area contributed by atoms with E-state index in [4.69, 9.17) is 21.9 Å². The molecule has 0 aliphatic heterocycles. The summed E-state index contributed by atoms with van der Waals surface area (Å²) in [5.41, 5.74) is 8.36. The Morgan fingerprint density at radius 2 is 2.24 bits per heavy atom. The number of hydrogen-bond donors (Lipinski definition) is 1. The van der Waals surface area contributed by atoms with Crippen molar-refractivity contribution in [1.29, 1.82) is 0 Å². The first-order chi connectivity index (χ1) is 8.24. The zero-order valence-corrected chi connectivity index (χ0v) is 9.55. The van der Waals surface area contributed by atoms with Gasteiger partial charge in [-0.3, -0.25) is 0 Å². The molecule has 0 spiro atoms. The molecule has 0 aliphatic carbocycles. The molecule has 0 fully saturated rings. The van der Waals surface area contributed by atoms with E-state index in [1.165, 1.54) is 6.26 Å². The summed E-state index contributed by atoms with van der Waals surface area (Å²) < 4.78 is 6.63. The molecular formula is C11H9ClN4O. The molecular weight excluding hydrogens is 240 g/mol. The van der Waals surface area contributed by atoms with Gasteiger partial charge >= 0.3 is 0 Å². The van der Waals surface area contributed by atoms with E-state index in [-0.39, 0.29) is 0 Å². The fourth-order valence-electron chi connectivity index (χ4n) is 1.76. The Labute approximate surface area is 102 Å². The third-order valence-electron chi connectivity index (χ3n) is 2.55. The third-order valence-corrected chi connectivity index (χ3v) is 2.79. The molecule has 0 amide bonds. The average Bonchev–Trinajstić information content (AvgIpc) is 2.90. The van der Waals surface area contributed by atoms with Gasteiger partial charge in [-0.2, -0.15) is 0 Å². The maximum atomic E-state index is 5.97. The average molecular weight is 249 g/mol. The summed E-state index contributed by atoms with van der Waals surface area (Å²) in [6.45, 7) is 0.513. The lowest BCUT2D eigenvalue weighted by Crippen LogP contribution is -2.04. The van der Waals surface area contributed by atoms with Crippen LogP contribution in [0.4, 0.5) is 5.95 Å². The molecule has 5 nitrogen and oxygen atoms in total. The summed E-state index contributed by atoms with van der Waals surface area (Å²) in [4.78, 5) is 4.26. The van der Waals surface area contributed by atoms with Gasteiger partial charge in [0.15, 0.2) is 0 Å². The number of nitrogens with zero attached hydrogens (tertiary/aromatic N) is 3. The van der Waals surface area contributed by atoms with Crippen molar-refractivity contribution in [2.75, 3.05) is 5.73 Å². The van der Waals surface area contributed by atoms with Crippen LogP contribution in [0.5, 0.6) is 0 Å². The Kier molecular flexibility index (Phi) is 2.26. The minimum absolute atomic E-state index is 0.435. The van der Waals surface area contributed by atoms with Crippen molar-refractivity contribution in [2.45, 2.75) is 6.54 Å². The number of imidazole rings is 1. The van der Waals surface area contributed by atoms with Crippen molar-refractivity contribution < 1.29 is 4.52 Å². The van der Waals surface area contributed by atoms with Crippen molar-refractivity contribution >= 4 is 28.6 Å². The van der Waals surface area contributed by atoms with Gasteiger partial charge in [0.1, 0.15) is 12.0 Å². The van der Waals surface area contributed by atoms with E-state index in [0.717, 1.165) is 16.7 Å². The molecule has 0 unspecified atom stereocenters. The number of rotatable bonds is 2. The van der Waals surface area contributed by atoms with Crippen molar-refractivity contribution in [2.24, 2.45) is 0 Å². The summed E-state index contributed by atoms with van der Waals surface area (Å²) in [7, 11) is 0.